The average Bonchev–Trinajstić information content (AvgIpc) is 2.32. The van der Waals surface area contributed by atoms with Crippen LogP contribution in [0.4, 0.5) is 5.69 Å². The summed E-state index contributed by atoms with van der Waals surface area (Å²) in [6.45, 7) is 1.46. The van der Waals surface area contributed by atoms with Gasteiger partial charge in [0, 0.05) is 20.3 Å². The maximum Gasteiger partial charge on any atom is 0.265 e. The van der Waals surface area contributed by atoms with Gasteiger partial charge in [-0.1, -0.05) is 12.1 Å². The summed E-state index contributed by atoms with van der Waals surface area (Å²) in [7, 11) is 1.66. The van der Waals surface area contributed by atoms with Crippen LogP contribution in [-0.4, -0.2) is 32.8 Å². The Balaban J connectivity index is 2.13. The average molecular weight is 221 g/mol. The number of carbonyl (C=O) groups is 1. The minimum Gasteiger partial charge on any atom is -0.482 e. The number of para-hydroxylation sites is 2. The van der Waals surface area contributed by atoms with Crippen LogP contribution in [0.3, 0.4) is 0 Å². The van der Waals surface area contributed by atoms with Crippen LogP contribution in [0.25, 0.3) is 0 Å². The molecular weight excluding hydrogens is 206 g/mol. The number of methoxy groups -OCH3 is 1. The predicted octanol–water partition coefficient (Wildman–Crippen LogP) is 1.45. The van der Waals surface area contributed by atoms with Gasteiger partial charge in [0.25, 0.3) is 5.91 Å². The van der Waals surface area contributed by atoms with Gasteiger partial charge in [0.2, 0.25) is 0 Å². The van der Waals surface area contributed by atoms with Crippen molar-refractivity contribution in [3.05, 3.63) is 24.3 Å². The van der Waals surface area contributed by atoms with E-state index in [0.29, 0.717) is 13.2 Å². The molecule has 0 fully saturated rings. The molecule has 0 radical (unpaired) electrons. The minimum absolute atomic E-state index is 0.00908. The fourth-order valence-corrected chi connectivity index (χ4v) is 1.77. The van der Waals surface area contributed by atoms with Gasteiger partial charge in [0.1, 0.15) is 5.75 Å². The molecule has 1 heterocycles. The van der Waals surface area contributed by atoms with Gasteiger partial charge in [-0.05, 0) is 18.6 Å². The van der Waals surface area contributed by atoms with Crippen molar-refractivity contribution in [1.29, 1.82) is 0 Å². The highest BCUT2D eigenvalue weighted by molar-refractivity contribution is 5.97. The molecule has 0 aromatic heterocycles. The van der Waals surface area contributed by atoms with Crippen LogP contribution in [0.1, 0.15) is 6.42 Å². The van der Waals surface area contributed by atoms with Crippen molar-refractivity contribution in [3.63, 3.8) is 0 Å². The Morgan fingerprint density at radius 1 is 1.44 bits per heavy atom. The lowest BCUT2D eigenvalue weighted by Gasteiger charge is -2.29. The van der Waals surface area contributed by atoms with Crippen molar-refractivity contribution in [2.45, 2.75) is 6.42 Å². The molecule has 0 atom stereocenters. The van der Waals surface area contributed by atoms with E-state index in [9.17, 15) is 4.79 Å². The van der Waals surface area contributed by atoms with Crippen molar-refractivity contribution >= 4 is 11.6 Å². The highest BCUT2D eigenvalue weighted by Crippen LogP contribution is 2.31. The van der Waals surface area contributed by atoms with Gasteiger partial charge in [0.05, 0.1) is 5.69 Å². The van der Waals surface area contributed by atoms with Crippen LogP contribution in [-0.2, 0) is 9.53 Å². The van der Waals surface area contributed by atoms with Crippen LogP contribution in [0, 0.1) is 0 Å². The second-order valence-electron chi connectivity index (χ2n) is 3.65. The normalized spacial score (nSPS) is 14.6. The van der Waals surface area contributed by atoms with E-state index in [1.54, 1.807) is 12.0 Å². The standard InChI is InChI=1S/C12H15NO3/c1-15-8-4-7-13-10-5-2-3-6-11(10)16-9-12(13)14/h2-3,5-6H,4,7-9H2,1H3. The molecule has 16 heavy (non-hydrogen) atoms. The van der Waals surface area contributed by atoms with E-state index >= 15 is 0 Å². The summed E-state index contributed by atoms with van der Waals surface area (Å²) in [6, 6.07) is 7.59. The fraction of sp³-hybridized carbons (Fsp3) is 0.417. The third-order valence-electron chi connectivity index (χ3n) is 2.54. The Labute approximate surface area is 94.8 Å². The number of anilines is 1. The molecule has 1 aromatic carbocycles. The SMILES string of the molecule is COCCCN1C(=O)COc2ccccc21. The second kappa shape index (κ2) is 4.99. The number of benzene rings is 1. The molecule has 0 N–H and O–H groups in total. The molecule has 4 heteroatoms. The molecule has 0 aliphatic carbocycles. The van der Waals surface area contributed by atoms with E-state index in [1.807, 2.05) is 24.3 Å². The first-order valence-electron chi connectivity index (χ1n) is 5.34. The first-order chi connectivity index (χ1) is 7.83. The summed E-state index contributed by atoms with van der Waals surface area (Å²) in [5.41, 5.74) is 0.856. The van der Waals surface area contributed by atoms with Crippen molar-refractivity contribution in [3.8, 4) is 5.75 Å². The number of hydrogen-bond acceptors (Lipinski definition) is 3. The molecule has 4 nitrogen and oxygen atoms in total. The molecule has 1 aliphatic heterocycles. The monoisotopic (exact) mass is 221 g/mol. The summed E-state index contributed by atoms with van der Waals surface area (Å²) < 4.78 is 10.3. The summed E-state index contributed by atoms with van der Waals surface area (Å²) in [5, 5.41) is 0. The summed E-state index contributed by atoms with van der Waals surface area (Å²) in [4.78, 5) is 13.5. The largest absolute Gasteiger partial charge is 0.482 e. The van der Waals surface area contributed by atoms with Gasteiger partial charge >= 0.3 is 0 Å². The number of carbonyl (C=O) groups excluding carboxylic acids is 1. The Hall–Kier alpha value is -1.55. The number of rotatable bonds is 4. The Kier molecular flexibility index (Phi) is 3.41. The van der Waals surface area contributed by atoms with Crippen LogP contribution >= 0.6 is 0 Å². The molecule has 86 valence electrons. The van der Waals surface area contributed by atoms with Crippen molar-refractivity contribution < 1.29 is 14.3 Å². The highest BCUT2D eigenvalue weighted by atomic mass is 16.5. The van der Waals surface area contributed by atoms with Crippen molar-refractivity contribution in [2.75, 3.05) is 31.8 Å². The topological polar surface area (TPSA) is 38.8 Å². The zero-order valence-corrected chi connectivity index (χ0v) is 9.31. The third-order valence-corrected chi connectivity index (χ3v) is 2.54. The molecule has 0 saturated heterocycles. The highest BCUT2D eigenvalue weighted by Gasteiger charge is 2.24. The molecule has 0 unspecified atom stereocenters. The number of ether oxygens (including phenoxy) is 2. The number of nitrogens with zero attached hydrogens (tertiary/aromatic N) is 1. The van der Waals surface area contributed by atoms with Crippen molar-refractivity contribution in [1.82, 2.24) is 0 Å². The summed E-state index contributed by atoms with van der Waals surface area (Å²) in [6.07, 6.45) is 0.830. The van der Waals surface area contributed by atoms with Crippen molar-refractivity contribution in [2.24, 2.45) is 0 Å². The minimum atomic E-state index is 0.00908. The van der Waals surface area contributed by atoms with E-state index in [-0.39, 0.29) is 12.5 Å². The molecular formula is C12H15NO3. The molecule has 0 bridgehead atoms. The van der Waals surface area contributed by atoms with Gasteiger partial charge in [-0.15, -0.1) is 0 Å². The van der Waals surface area contributed by atoms with Gasteiger partial charge in [-0.3, -0.25) is 4.79 Å². The predicted molar refractivity (Wildman–Crippen MR) is 60.8 cm³/mol. The smallest absolute Gasteiger partial charge is 0.265 e. The fourth-order valence-electron chi connectivity index (χ4n) is 1.77. The third kappa shape index (κ3) is 2.17. The summed E-state index contributed by atoms with van der Waals surface area (Å²) in [5.74, 6) is 0.786. The molecule has 0 spiro atoms. The van der Waals surface area contributed by atoms with Crippen LogP contribution < -0.4 is 9.64 Å². The first-order valence-corrected chi connectivity index (χ1v) is 5.34. The molecule has 2 rings (SSSR count). The lowest BCUT2D eigenvalue weighted by Crippen LogP contribution is -2.39. The molecule has 1 aromatic rings. The van der Waals surface area contributed by atoms with Crippen LogP contribution in [0.15, 0.2) is 24.3 Å². The van der Waals surface area contributed by atoms with Gasteiger partial charge in [-0.2, -0.15) is 0 Å². The van der Waals surface area contributed by atoms with E-state index < -0.39 is 0 Å². The summed E-state index contributed by atoms with van der Waals surface area (Å²) >= 11 is 0. The van der Waals surface area contributed by atoms with E-state index in [0.717, 1.165) is 17.9 Å². The maximum absolute atomic E-state index is 11.7. The zero-order valence-electron chi connectivity index (χ0n) is 9.31. The number of hydrogen-bond donors (Lipinski definition) is 0. The maximum atomic E-state index is 11.7. The molecule has 1 aliphatic rings. The number of fused-ring (bicyclic) bond motifs is 1. The zero-order chi connectivity index (χ0) is 11.4. The van der Waals surface area contributed by atoms with E-state index in [4.69, 9.17) is 9.47 Å². The quantitative estimate of drug-likeness (QED) is 0.722. The number of amides is 1. The Morgan fingerprint density at radius 3 is 3.06 bits per heavy atom. The van der Waals surface area contributed by atoms with Crippen LogP contribution in [0.5, 0.6) is 5.75 Å². The Morgan fingerprint density at radius 2 is 2.25 bits per heavy atom. The first kappa shape index (κ1) is 11.0. The van der Waals surface area contributed by atoms with E-state index in [2.05, 4.69) is 0 Å². The lowest BCUT2D eigenvalue weighted by atomic mass is 10.2. The Bertz CT molecular complexity index is 378. The molecule has 0 saturated carbocycles. The van der Waals surface area contributed by atoms with Gasteiger partial charge in [-0.25, -0.2) is 0 Å². The van der Waals surface area contributed by atoms with Gasteiger partial charge < -0.3 is 14.4 Å². The lowest BCUT2D eigenvalue weighted by molar-refractivity contribution is -0.121. The van der Waals surface area contributed by atoms with Gasteiger partial charge in [0.15, 0.2) is 6.61 Å². The molecule has 1 amide bonds. The van der Waals surface area contributed by atoms with E-state index in [1.165, 1.54) is 0 Å². The van der Waals surface area contributed by atoms with Crippen LogP contribution in [0.2, 0.25) is 0 Å². The second-order valence-corrected chi connectivity index (χ2v) is 3.65.